The maximum Gasteiger partial charge on any atom is 0.316 e. The van der Waals surface area contributed by atoms with Crippen molar-refractivity contribution in [3.8, 4) is 22.9 Å². The second kappa shape index (κ2) is 9.03. The van der Waals surface area contributed by atoms with Crippen LogP contribution in [0.25, 0.3) is 11.1 Å². The first-order valence-corrected chi connectivity index (χ1v) is 9.78. The molecule has 0 saturated heterocycles. The van der Waals surface area contributed by atoms with Gasteiger partial charge in [0.05, 0.1) is 7.11 Å². The molecule has 0 fully saturated rings. The summed E-state index contributed by atoms with van der Waals surface area (Å²) < 4.78 is 10.8. The van der Waals surface area contributed by atoms with E-state index in [4.69, 9.17) is 9.47 Å². The Bertz CT molecular complexity index is 946. The fourth-order valence-electron chi connectivity index (χ4n) is 3.59. The summed E-state index contributed by atoms with van der Waals surface area (Å²) in [7, 11) is 1.54. The van der Waals surface area contributed by atoms with Crippen LogP contribution in [0.5, 0.6) is 11.8 Å². The van der Waals surface area contributed by atoms with Gasteiger partial charge in [0.2, 0.25) is 0 Å². The van der Waals surface area contributed by atoms with Crippen LogP contribution in [0.15, 0.2) is 60.9 Å². The molecule has 3 aromatic rings. The number of methoxy groups -OCH3 is 1. The zero-order valence-electron chi connectivity index (χ0n) is 16.5. The molecule has 2 heterocycles. The topological polar surface area (TPSA) is 67.7 Å². The Labute approximate surface area is 170 Å². The molecule has 1 N–H and O–H groups in total. The van der Waals surface area contributed by atoms with Gasteiger partial charge in [-0.25, -0.2) is 9.97 Å². The molecule has 6 heteroatoms. The molecule has 0 aliphatic carbocycles. The highest BCUT2D eigenvalue weighted by atomic mass is 16.5. The van der Waals surface area contributed by atoms with Gasteiger partial charge in [-0.15, -0.1) is 0 Å². The maximum absolute atomic E-state index is 10.5. The van der Waals surface area contributed by atoms with Gasteiger partial charge in [0.15, 0.2) is 0 Å². The van der Waals surface area contributed by atoms with Crippen LogP contribution in [0, 0.1) is 0 Å². The Morgan fingerprint density at radius 2 is 1.83 bits per heavy atom. The van der Waals surface area contributed by atoms with Gasteiger partial charge >= 0.3 is 6.01 Å². The lowest BCUT2D eigenvalue weighted by Crippen LogP contribution is -2.38. The number of aliphatic hydroxyl groups is 1. The van der Waals surface area contributed by atoms with Crippen LogP contribution < -0.4 is 9.47 Å². The number of aromatic nitrogens is 2. The number of benzene rings is 2. The minimum atomic E-state index is -0.548. The first kappa shape index (κ1) is 19.4. The predicted molar refractivity (Wildman–Crippen MR) is 111 cm³/mol. The first-order chi connectivity index (χ1) is 14.2. The van der Waals surface area contributed by atoms with Crippen LogP contribution in [0.2, 0.25) is 0 Å². The summed E-state index contributed by atoms with van der Waals surface area (Å²) in [6.07, 6.45) is 3.91. The number of fused-ring (bicyclic) bond motifs is 1. The molecule has 1 aliphatic heterocycles. The van der Waals surface area contributed by atoms with E-state index < -0.39 is 6.10 Å². The number of β-amino-alcohol motifs (C(OH)–C–C–N with tert-alkyl or cyclic N) is 1. The minimum absolute atomic E-state index is 0.251. The third-order valence-corrected chi connectivity index (χ3v) is 5.10. The quantitative estimate of drug-likeness (QED) is 0.668. The maximum atomic E-state index is 10.5. The van der Waals surface area contributed by atoms with E-state index in [1.54, 1.807) is 12.4 Å². The fraction of sp³-hybridized carbons (Fsp3) is 0.304. The number of aliphatic hydroxyl groups excluding tert-OH is 1. The molecule has 0 amide bonds. The van der Waals surface area contributed by atoms with Crippen molar-refractivity contribution < 1.29 is 14.6 Å². The summed E-state index contributed by atoms with van der Waals surface area (Å²) in [5.41, 5.74) is 4.59. The van der Waals surface area contributed by atoms with Gasteiger partial charge in [0.25, 0.3) is 0 Å². The number of hydrogen-bond donors (Lipinski definition) is 1. The van der Waals surface area contributed by atoms with Gasteiger partial charge in [-0.3, -0.25) is 4.90 Å². The van der Waals surface area contributed by atoms with Crippen LogP contribution in [-0.4, -0.2) is 52.9 Å². The Balaban J connectivity index is 1.32. The van der Waals surface area contributed by atoms with E-state index in [2.05, 4.69) is 39.1 Å². The smallest absolute Gasteiger partial charge is 0.316 e. The largest absolute Gasteiger partial charge is 0.491 e. The third kappa shape index (κ3) is 4.91. The molecular weight excluding hydrogens is 366 g/mol. The van der Waals surface area contributed by atoms with Crippen LogP contribution in [0.3, 0.4) is 0 Å². The van der Waals surface area contributed by atoms with Crippen LogP contribution in [0.4, 0.5) is 0 Å². The normalized spacial score (nSPS) is 14.8. The van der Waals surface area contributed by atoms with E-state index in [1.807, 2.05) is 24.3 Å². The Morgan fingerprint density at radius 1 is 1.03 bits per heavy atom. The van der Waals surface area contributed by atoms with Crippen molar-refractivity contribution in [2.45, 2.75) is 19.1 Å². The number of rotatable bonds is 7. The van der Waals surface area contributed by atoms with Crippen LogP contribution in [-0.2, 0) is 13.0 Å². The van der Waals surface area contributed by atoms with E-state index in [-0.39, 0.29) is 6.61 Å². The molecule has 4 rings (SSSR count). The molecule has 150 valence electrons. The van der Waals surface area contributed by atoms with Crippen LogP contribution >= 0.6 is 0 Å². The molecule has 2 aromatic carbocycles. The van der Waals surface area contributed by atoms with E-state index >= 15 is 0 Å². The summed E-state index contributed by atoms with van der Waals surface area (Å²) in [6.45, 7) is 2.68. The summed E-state index contributed by atoms with van der Waals surface area (Å²) in [5.74, 6) is 0.710. The summed E-state index contributed by atoms with van der Waals surface area (Å²) in [4.78, 5) is 10.6. The van der Waals surface area contributed by atoms with Crippen molar-refractivity contribution in [3.05, 3.63) is 72.1 Å². The summed E-state index contributed by atoms with van der Waals surface area (Å²) in [5, 5.41) is 10.5. The van der Waals surface area contributed by atoms with Crippen molar-refractivity contribution in [1.29, 1.82) is 0 Å². The molecule has 0 radical (unpaired) electrons. The third-order valence-electron chi connectivity index (χ3n) is 5.10. The Hall–Kier alpha value is -2.96. The average Bonchev–Trinajstić information content (AvgIpc) is 2.78. The minimum Gasteiger partial charge on any atom is -0.491 e. The molecule has 29 heavy (non-hydrogen) atoms. The SMILES string of the molecule is COc1ncc(-c2cccc(OCC(O)CN3CCc4ccccc4C3)c2)cn1. The van der Waals surface area contributed by atoms with E-state index in [9.17, 15) is 5.11 Å². The highest BCUT2D eigenvalue weighted by Crippen LogP contribution is 2.24. The number of hydrogen-bond acceptors (Lipinski definition) is 6. The molecule has 1 atom stereocenters. The van der Waals surface area contributed by atoms with Crippen molar-refractivity contribution in [2.24, 2.45) is 0 Å². The van der Waals surface area contributed by atoms with Crippen molar-refractivity contribution in [2.75, 3.05) is 26.8 Å². The monoisotopic (exact) mass is 391 g/mol. The van der Waals surface area contributed by atoms with Gasteiger partial charge in [0.1, 0.15) is 18.5 Å². The van der Waals surface area contributed by atoms with Gasteiger partial charge in [-0.2, -0.15) is 0 Å². The van der Waals surface area contributed by atoms with Crippen molar-refractivity contribution in [3.63, 3.8) is 0 Å². The molecule has 0 spiro atoms. The van der Waals surface area contributed by atoms with E-state index in [0.29, 0.717) is 18.3 Å². The highest BCUT2D eigenvalue weighted by Gasteiger charge is 2.18. The molecule has 1 aromatic heterocycles. The molecule has 1 unspecified atom stereocenters. The lowest BCUT2D eigenvalue weighted by molar-refractivity contribution is 0.0638. The first-order valence-electron chi connectivity index (χ1n) is 9.78. The second-order valence-electron chi connectivity index (χ2n) is 7.20. The summed E-state index contributed by atoms with van der Waals surface area (Å²) in [6, 6.07) is 16.6. The van der Waals surface area contributed by atoms with Gasteiger partial charge in [-0.05, 0) is 35.2 Å². The van der Waals surface area contributed by atoms with Gasteiger partial charge in [0, 0.05) is 37.6 Å². The molecule has 0 bridgehead atoms. The lowest BCUT2D eigenvalue weighted by Gasteiger charge is -2.30. The van der Waals surface area contributed by atoms with Gasteiger partial charge < -0.3 is 14.6 Å². The van der Waals surface area contributed by atoms with Crippen LogP contribution in [0.1, 0.15) is 11.1 Å². The fourth-order valence-corrected chi connectivity index (χ4v) is 3.59. The van der Waals surface area contributed by atoms with E-state index in [0.717, 1.165) is 30.6 Å². The van der Waals surface area contributed by atoms with Crippen molar-refractivity contribution in [1.82, 2.24) is 14.9 Å². The molecular formula is C23H25N3O3. The Morgan fingerprint density at radius 3 is 2.62 bits per heavy atom. The lowest BCUT2D eigenvalue weighted by atomic mass is 10.00. The average molecular weight is 391 g/mol. The zero-order valence-corrected chi connectivity index (χ0v) is 16.5. The number of nitrogens with zero attached hydrogens (tertiary/aromatic N) is 3. The highest BCUT2D eigenvalue weighted by molar-refractivity contribution is 5.63. The molecule has 0 saturated carbocycles. The predicted octanol–water partition coefficient (Wildman–Crippen LogP) is 2.95. The zero-order chi connectivity index (χ0) is 20.1. The Kier molecular flexibility index (Phi) is 6.03. The summed E-state index contributed by atoms with van der Waals surface area (Å²) >= 11 is 0. The second-order valence-corrected chi connectivity index (χ2v) is 7.20. The van der Waals surface area contributed by atoms with Gasteiger partial charge in [-0.1, -0.05) is 36.4 Å². The number of ether oxygens (including phenoxy) is 2. The standard InChI is InChI=1S/C23H25N3O3/c1-28-23-24-12-20(13-25-23)18-7-4-8-22(11-18)29-16-21(27)15-26-10-9-17-5-2-3-6-19(17)14-26/h2-8,11-13,21,27H,9-10,14-16H2,1H3. The van der Waals surface area contributed by atoms with Crippen molar-refractivity contribution >= 4 is 0 Å². The molecule has 1 aliphatic rings. The molecule has 6 nitrogen and oxygen atoms in total. The van der Waals surface area contributed by atoms with E-state index in [1.165, 1.54) is 18.2 Å².